The van der Waals surface area contributed by atoms with E-state index < -0.39 is 67.4 Å². The molecule has 11 heteroatoms. The molecule has 1 heterocycles. The minimum atomic E-state index is -1.64. The molecule has 438 valence electrons. The minimum Gasteiger partial charge on any atom is -0.454 e. The third kappa shape index (κ3) is 40.1. The highest BCUT2D eigenvalue weighted by Crippen LogP contribution is 2.26. The van der Waals surface area contributed by atoms with Crippen molar-refractivity contribution in [2.45, 2.75) is 301 Å². The van der Waals surface area contributed by atoms with Gasteiger partial charge >= 0.3 is 5.97 Å². The van der Waals surface area contributed by atoms with Crippen LogP contribution in [0.5, 0.6) is 0 Å². The van der Waals surface area contributed by atoms with Crippen molar-refractivity contribution in [3.8, 4) is 0 Å². The van der Waals surface area contributed by atoms with Gasteiger partial charge in [-0.1, -0.05) is 286 Å². The molecule has 0 radical (unpaired) electrons. The Bertz CT molecular complexity index is 1560. The molecule has 0 bridgehead atoms. The summed E-state index contributed by atoms with van der Waals surface area (Å²) in [6.45, 7) is 5.62. The quantitative estimate of drug-likeness (QED) is 0.0149. The highest BCUT2D eigenvalue weighted by Gasteiger charge is 2.47. The normalized spacial score (nSPS) is 19.7. The van der Waals surface area contributed by atoms with E-state index in [9.17, 15) is 35.1 Å². The van der Waals surface area contributed by atoms with Crippen LogP contribution in [0.2, 0.25) is 0 Å². The zero-order valence-corrected chi connectivity index (χ0v) is 48.3. The van der Waals surface area contributed by atoms with Gasteiger partial charge in [0.2, 0.25) is 5.91 Å². The van der Waals surface area contributed by atoms with Crippen LogP contribution in [0.4, 0.5) is 0 Å². The van der Waals surface area contributed by atoms with Crippen molar-refractivity contribution < 1.29 is 49.3 Å². The van der Waals surface area contributed by atoms with Gasteiger partial charge in [0.15, 0.2) is 12.4 Å². The van der Waals surface area contributed by atoms with Crippen molar-refractivity contribution >= 4 is 11.9 Å². The van der Waals surface area contributed by atoms with Gasteiger partial charge in [-0.2, -0.15) is 0 Å². The fourth-order valence-electron chi connectivity index (χ4n) is 9.33. The molecule has 0 aromatic rings. The number of hydrogen-bond donors (Lipinski definition) is 6. The van der Waals surface area contributed by atoms with Crippen molar-refractivity contribution in [1.29, 1.82) is 0 Å². The Hall–Kier alpha value is -3.16. The molecule has 1 rings (SSSR count). The van der Waals surface area contributed by atoms with Crippen LogP contribution in [0.1, 0.15) is 252 Å². The van der Waals surface area contributed by atoms with Gasteiger partial charge in [0.05, 0.1) is 25.4 Å². The number of hydrogen-bond acceptors (Lipinski definition) is 10. The SMILES string of the molecule is CC\C=C/C=C/C=C/C=C\C=C\C=C\CCCCCC(=O)OC1C(OCC(NC(=O)C(O)CCCCCCCCCCCCCCCCCCCC)C(O)/C=C/CCCCCCCCCCCC)OC(CO)C(O)C1O. The summed E-state index contributed by atoms with van der Waals surface area (Å²) in [4.78, 5) is 26.5. The van der Waals surface area contributed by atoms with E-state index in [-0.39, 0.29) is 19.4 Å². The molecule has 8 unspecified atom stereocenters. The third-order valence-electron chi connectivity index (χ3n) is 14.2. The second kappa shape index (κ2) is 52.5. The molecule has 6 N–H and O–H groups in total. The van der Waals surface area contributed by atoms with Gasteiger partial charge in [-0.25, -0.2) is 0 Å². The van der Waals surface area contributed by atoms with Gasteiger partial charge < -0.3 is 45.1 Å². The summed E-state index contributed by atoms with van der Waals surface area (Å²) in [7, 11) is 0. The Morgan fingerprint density at radius 2 is 0.947 bits per heavy atom. The number of amides is 1. The lowest BCUT2D eigenvalue weighted by molar-refractivity contribution is -0.305. The highest BCUT2D eigenvalue weighted by atomic mass is 16.7. The standard InChI is InChI=1S/C65H113NO10/c1-4-7-10-13-16-19-22-25-27-29-31-32-34-37-40-43-46-49-52-58(69)64(73)66-56(57(68)51-48-45-42-39-36-24-21-18-15-12-9-6-3)55-74-65-63(62(72)61(71)59(54-67)75-65)76-60(70)53-50-47-44-41-38-35-33-30-28-26-23-20-17-14-11-8-5-2/h8,11,14,17,20,23,26,28,30,33,35,38,48,51,56-59,61-63,65,67-69,71-72H,4-7,9-10,12-13,15-16,18-19,21-22,24-25,27,29,31-32,34,36-37,39-47,49-50,52-55H2,1-3H3,(H,66,73)/b11-8-,17-14+,23-20+,28-26-,33-30+,38-35+,51-48+. The summed E-state index contributed by atoms with van der Waals surface area (Å²) in [5.74, 6) is -1.24. The Kier molecular flexibility index (Phi) is 49.0. The van der Waals surface area contributed by atoms with E-state index in [1.807, 2.05) is 66.8 Å². The van der Waals surface area contributed by atoms with Crippen LogP contribution in [-0.4, -0.2) is 99.6 Å². The molecule has 1 aliphatic rings. The monoisotopic (exact) mass is 1070 g/mol. The zero-order valence-electron chi connectivity index (χ0n) is 48.3. The molecule has 1 aliphatic heterocycles. The summed E-state index contributed by atoms with van der Waals surface area (Å²) in [6, 6.07) is -1.04. The molecule has 1 fully saturated rings. The number of carbonyl (C=O) groups excluding carboxylic acids is 2. The molecule has 0 aliphatic carbocycles. The van der Waals surface area contributed by atoms with E-state index in [1.54, 1.807) is 6.08 Å². The third-order valence-corrected chi connectivity index (χ3v) is 14.2. The van der Waals surface area contributed by atoms with Gasteiger partial charge in [-0.3, -0.25) is 9.59 Å². The maximum atomic E-state index is 13.4. The van der Waals surface area contributed by atoms with Crippen molar-refractivity contribution in [3.63, 3.8) is 0 Å². The Labute approximate surface area is 463 Å². The molecule has 76 heavy (non-hydrogen) atoms. The lowest BCUT2D eigenvalue weighted by Gasteiger charge is -2.41. The van der Waals surface area contributed by atoms with Gasteiger partial charge in [-0.15, -0.1) is 0 Å². The summed E-state index contributed by atoms with van der Waals surface area (Å²) in [5, 5.41) is 57.0. The van der Waals surface area contributed by atoms with Crippen LogP contribution in [0.15, 0.2) is 85.1 Å². The Balaban J connectivity index is 2.71. The summed E-state index contributed by atoms with van der Waals surface area (Å²) in [5.41, 5.74) is 0. The van der Waals surface area contributed by atoms with Gasteiger partial charge in [0, 0.05) is 6.42 Å². The second-order valence-corrected chi connectivity index (χ2v) is 21.2. The maximum Gasteiger partial charge on any atom is 0.306 e. The van der Waals surface area contributed by atoms with Gasteiger partial charge in [-0.05, 0) is 44.9 Å². The second-order valence-electron chi connectivity index (χ2n) is 21.2. The number of esters is 1. The molecule has 0 spiro atoms. The lowest BCUT2D eigenvalue weighted by atomic mass is 9.99. The van der Waals surface area contributed by atoms with E-state index in [0.29, 0.717) is 12.8 Å². The smallest absolute Gasteiger partial charge is 0.306 e. The number of carbonyl (C=O) groups is 2. The summed E-state index contributed by atoms with van der Waals surface area (Å²) >= 11 is 0. The highest BCUT2D eigenvalue weighted by molar-refractivity contribution is 5.80. The number of allylic oxidation sites excluding steroid dienone is 13. The van der Waals surface area contributed by atoms with Gasteiger partial charge in [0.25, 0.3) is 0 Å². The van der Waals surface area contributed by atoms with Crippen molar-refractivity contribution in [1.82, 2.24) is 5.32 Å². The van der Waals surface area contributed by atoms with E-state index in [0.717, 1.165) is 64.2 Å². The first kappa shape index (κ1) is 70.9. The first-order valence-corrected chi connectivity index (χ1v) is 30.9. The fourth-order valence-corrected chi connectivity index (χ4v) is 9.33. The summed E-state index contributed by atoms with van der Waals surface area (Å²) < 4.78 is 17.6. The Morgan fingerprint density at radius 3 is 1.42 bits per heavy atom. The van der Waals surface area contributed by atoms with E-state index in [1.165, 1.54) is 141 Å². The summed E-state index contributed by atoms with van der Waals surface area (Å²) in [6.07, 6.45) is 57.6. The number of unbranched alkanes of at least 4 members (excludes halogenated alkanes) is 30. The molecule has 11 nitrogen and oxygen atoms in total. The van der Waals surface area contributed by atoms with E-state index in [4.69, 9.17) is 14.2 Å². The first-order valence-electron chi connectivity index (χ1n) is 30.9. The Morgan fingerprint density at radius 1 is 0.526 bits per heavy atom. The molecule has 1 amide bonds. The van der Waals surface area contributed by atoms with Crippen LogP contribution >= 0.6 is 0 Å². The topological polar surface area (TPSA) is 175 Å². The van der Waals surface area contributed by atoms with Gasteiger partial charge in [0.1, 0.15) is 24.4 Å². The number of rotatable bonds is 51. The predicted octanol–water partition coefficient (Wildman–Crippen LogP) is 14.6. The fraction of sp³-hybridized carbons (Fsp3) is 0.754. The van der Waals surface area contributed by atoms with Crippen molar-refractivity contribution in [3.05, 3.63) is 85.1 Å². The molecular formula is C65H113NO10. The van der Waals surface area contributed by atoms with Crippen LogP contribution in [-0.2, 0) is 23.8 Å². The molecule has 0 aromatic carbocycles. The van der Waals surface area contributed by atoms with Crippen LogP contribution in [0, 0.1) is 0 Å². The minimum absolute atomic E-state index is 0.0695. The molecule has 8 atom stereocenters. The van der Waals surface area contributed by atoms with Crippen molar-refractivity contribution in [2.24, 2.45) is 0 Å². The zero-order chi connectivity index (χ0) is 55.4. The number of nitrogens with one attached hydrogen (secondary N) is 1. The largest absolute Gasteiger partial charge is 0.454 e. The molecular weight excluding hydrogens is 955 g/mol. The number of aliphatic hydroxyl groups is 5. The first-order chi connectivity index (χ1) is 37.2. The van der Waals surface area contributed by atoms with Crippen LogP contribution < -0.4 is 5.32 Å². The van der Waals surface area contributed by atoms with Crippen LogP contribution in [0.3, 0.4) is 0 Å². The van der Waals surface area contributed by atoms with Crippen LogP contribution in [0.25, 0.3) is 0 Å². The maximum absolute atomic E-state index is 13.4. The van der Waals surface area contributed by atoms with E-state index in [2.05, 4.69) is 38.2 Å². The molecule has 1 saturated heterocycles. The van der Waals surface area contributed by atoms with Crippen molar-refractivity contribution in [2.75, 3.05) is 13.2 Å². The lowest BCUT2D eigenvalue weighted by Crippen LogP contribution is -2.61. The average Bonchev–Trinajstić information content (AvgIpc) is 3.42. The number of aliphatic hydroxyl groups excluding tert-OH is 5. The molecule has 0 aromatic heterocycles. The van der Waals surface area contributed by atoms with E-state index >= 15 is 0 Å². The average molecular weight is 1070 g/mol. The number of ether oxygens (including phenoxy) is 3. The molecule has 0 saturated carbocycles. The predicted molar refractivity (Wildman–Crippen MR) is 315 cm³/mol.